The first-order valence-corrected chi connectivity index (χ1v) is 6.32. The number of H-pyrrole nitrogens is 1. The highest BCUT2D eigenvalue weighted by atomic mass is 14.7. The summed E-state index contributed by atoms with van der Waals surface area (Å²) >= 11 is 0. The second-order valence-corrected chi connectivity index (χ2v) is 6.99. The smallest absolute Gasteiger partial charge is 0.0456 e. The lowest BCUT2D eigenvalue weighted by molar-refractivity contribution is 0.574. The zero-order chi connectivity index (χ0) is 12.8. The van der Waals surface area contributed by atoms with E-state index in [1.165, 1.54) is 22.2 Å². The number of aromatic amines is 1. The van der Waals surface area contributed by atoms with Crippen molar-refractivity contribution < 1.29 is 0 Å². The number of hydrogen-bond donors (Lipinski definition) is 1. The van der Waals surface area contributed by atoms with Gasteiger partial charge in [-0.15, -0.1) is 0 Å². The van der Waals surface area contributed by atoms with Crippen molar-refractivity contribution in [2.75, 3.05) is 0 Å². The minimum Gasteiger partial charge on any atom is -0.358 e. The van der Waals surface area contributed by atoms with E-state index < -0.39 is 0 Å². The molecule has 1 nitrogen and oxygen atoms in total. The van der Waals surface area contributed by atoms with Crippen molar-refractivity contribution >= 4 is 10.9 Å². The lowest BCUT2D eigenvalue weighted by atomic mass is 9.86. The molecule has 1 heteroatoms. The third kappa shape index (κ3) is 2.38. The second-order valence-electron chi connectivity index (χ2n) is 6.99. The molecule has 2 rings (SSSR count). The van der Waals surface area contributed by atoms with E-state index in [9.17, 15) is 0 Å². The van der Waals surface area contributed by atoms with Crippen LogP contribution in [0.3, 0.4) is 0 Å². The van der Waals surface area contributed by atoms with E-state index in [4.69, 9.17) is 0 Å². The number of aromatic nitrogens is 1. The summed E-state index contributed by atoms with van der Waals surface area (Å²) in [5, 5.41) is 1.32. The van der Waals surface area contributed by atoms with Crippen LogP contribution in [0, 0.1) is 0 Å². The van der Waals surface area contributed by atoms with Crippen LogP contribution in [0.1, 0.15) is 52.8 Å². The van der Waals surface area contributed by atoms with Crippen LogP contribution in [-0.2, 0) is 10.8 Å². The average Bonchev–Trinajstić information content (AvgIpc) is 2.57. The normalized spacial score (nSPS) is 13.3. The summed E-state index contributed by atoms with van der Waals surface area (Å²) in [6.45, 7) is 13.5. The van der Waals surface area contributed by atoms with Gasteiger partial charge in [0.2, 0.25) is 0 Å². The van der Waals surface area contributed by atoms with Crippen LogP contribution in [0.15, 0.2) is 24.3 Å². The Hall–Kier alpha value is -1.24. The van der Waals surface area contributed by atoms with Crippen molar-refractivity contribution in [1.82, 2.24) is 4.98 Å². The minimum atomic E-state index is 0.181. The first-order valence-electron chi connectivity index (χ1n) is 6.32. The van der Waals surface area contributed by atoms with Gasteiger partial charge in [-0.2, -0.15) is 0 Å². The highest BCUT2D eigenvalue weighted by Gasteiger charge is 2.18. The lowest BCUT2D eigenvalue weighted by Gasteiger charge is -2.18. The van der Waals surface area contributed by atoms with Crippen molar-refractivity contribution in [1.29, 1.82) is 0 Å². The Bertz CT molecular complexity index is 521. The van der Waals surface area contributed by atoms with Gasteiger partial charge in [-0.05, 0) is 34.6 Å². The molecule has 0 aliphatic heterocycles. The van der Waals surface area contributed by atoms with Crippen LogP contribution in [0.2, 0.25) is 0 Å². The molecule has 0 aliphatic carbocycles. The van der Waals surface area contributed by atoms with E-state index in [1.807, 2.05) is 0 Å². The van der Waals surface area contributed by atoms with Gasteiger partial charge in [0.1, 0.15) is 0 Å². The maximum Gasteiger partial charge on any atom is 0.0456 e. The Labute approximate surface area is 104 Å². The number of rotatable bonds is 0. The van der Waals surface area contributed by atoms with Crippen molar-refractivity contribution in [3.05, 3.63) is 35.5 Å². The monoisotopic (exact) mass is 229 g/mol. The third-order valence-electron chi connectivity index (χ3n) is 3.29. The molecule has 2 aromatic rings. The SMILES string of the molecule is CC(C)(C)c1ccc2[nH]c(C(C)(C)C)cc2c1. The summed E-state index contributed by atoms with van der Waals surface area (Å²) in [6.07, 6.45) is 0. The molecule has 1 aromatic carbocycles. The van der Waals surface area contributed by atoms with Gasteiger partial charge >= 0.3 is 0 Å². The van der Waals surface area contributed by atoms with E-state index in [2.05, 4.69) is 70.8 Å². The van der Waals surface area contributed by atoms with Crippen molar-refractivity contribution in [3.8, 4) is 0 Å². The van der Waals surface area contributed by atoms with E-state index in [0.717, 1.165) is 0 Å². The first kappa shape index (κ1) is 12.2. The first-order chi connectivity index (χ1) is 7.68. The molecule has 92 valence electrons. The molecule has 1 heterocycles. The lowest BCUT2D eigenvalue weighted by Crippen LogP contribution is -2.10. The number of hydrogen-bond acceptors (Lipinski definition) is 0. The third-order valence-corrected chi connectivity index (χ3v) is 3.29. The summed E-state index contributed by atoms with van der Waals surface area (Å²) in [6, 6.07) is 9.02. The predicted octanol–water partition coefficient (Wildman–Crippen LogP) is 4.76. The number of benzene rings is 1. The molecule has 0 atom stereocenters. The molecule has 17 heavy (non-hydrogen) atoms. The Kier molecular flexibility index (Phi) is 2.61. The van der Waals surface area contributed by atoms with Crippen molar-refractivity contribution in [2.24, 2.45) is 0 Å². The van der Waals surface area contributed by atoms with E-state index in [-0.39, 0.29) is 10.8 Å². The van der Waals surface area contributed by atoms with Gasteiger partial charge in [-0.25, -0.2) is 0 Å². The Balaban J connectivity index is 2.56. The maximum atomic E-state index is 3.51. The molecule has 0 unspecified atom stereocenters. The molecule has 0 radical (unpaired) electrons. The van der Waals surface area contributed by atoms with Crippen LogP contribution in [0.4, 0.5) is 0 Å². The second kappa shape index (κ2) is 3.63. The molecule has 1 aromatic heterocycles. The fourth-order valence-corrected chi connectivity index (χ4v) is 2.00. The molecule has 1 N–H and O–H groups in total. The quantitative estimate of drug-likeness (QED) is 0.670. The van der Waals surface area contributed by atoms with Gasteiger partial charge in [-0.1, -0.05) is 47.6 Å². The van der Waals surface area contributed by atoms with Gasteiger partial charge in [-0.3, -0.25) is 0 Å². The van der Waals surface area contributed by atoms with Gasteiger partial charge in [0, 0.05) is 16.6 Å². The predicted molar refractivity (Wildman–Crippen MR) is 75.7 cm³/mol. The molecule has 0 saturated carbocycles. The minimum absolute atomic E-state index is 0.181. The Morgan fingerprint density at radius 3 is 2.00 bits per heavy atom. The van der Waals surface area contributed by atoms with Gasteiger partial charge in [0.25, 0.3) is 0 Å². The van der Waals surface area contributed by atoms with Crippen LogP contribution in [0.5, 0.6) is 0 Å². The van der Waals surface area contributed by atoms with Crippen LogP contribution < -0.4 is 0 Å². The van der Waals surface area contributed by atoms with E-state index >= 15 is 0 Å². The summed E-state index contributed by atoms with van der Waals surface area (Å²) in [4.78, 5) is 3.51. The Morgan fingerprint density at radius 2 is 1.47 bits per heavy atom. The molecular weight excluding hydrogens is 206 g/mol. The molecule has 0 aliphatic rings. The Morgan fingerprint density at radius 1 is 0.824 bits per heavy atom. The fourth-order valence-electron chi connectivity index (χ4n) is 2.00. The van der Waals surface area contributed by atoms with Gasteiger partial charge in [0.15, 0.2) is 0 Å². The highest BCUT2D eigenvalue weighted by molar-refractivity contribution is 5.81. The summed E-state index contributed by atoms with van der Waals surface area (Å²) in [7, 11) is 0. The topological polar surface area (TPSA) is 15.8 Å². The molecule has 0 amide bonds. The maximum absolute atomic E-state index is 3.51. The summed E-state index contributed by atoms with van der Waals surface area (Å²) in [5.41, 5.74) is 4.33. The number of nitrogens with one attached hydrogen (secondary N) is 1. The van der Waals surface area contributed by atoms with Crippen LogP contribution in [0.25, 0.3) is 10.9 Å². The molecule has 0 spiro atoms. The highest BCUT2D eigenvalue weighted by Crippen LogP contribution is 2.29. The summed E-state index contributed by atoms with van der Waals surface area (Å²) < 4.78 is 0. The van der Waals surface area contributed by atoms with Crippen molar-refractivity contribution in [3.63, 3.8) is 0 Å². The zero-order valence-electron chi connectivity index (χ0n) is 11.8. The molecule has 0 fully saturated rings. The molecular formula is C16H23N. The number of fused-ring (bicyclic) bond motifs is 1. The van der Waals surface area contributed by atoms with E-state index in [0.29, 0.717) is 0 Å². The van der Waals surface area contributed by atoms with Gasteiger partial charge in [0.05, 0.1) is 0 Å². The van der Waals surface area contributed by atoms with Crippen LogP contribution >= 0.6 is 0 Å². The van der Waals surface area contributed by atoms with Crippen molar-refractivity contribution in [2.45, 2.75) is 52.4 Å². The largest absolute Gasteiger partial charge is 0.358 e. The van der Waals surface area contributed by atoms with Crippen LogP contribution in [-0.4, -0.2) is 4.98 Å². The average molecular weight is 229 g/mol. The standard InChI is InChI=1S/C16H23N/c1-15(2,3)12-7-8-13-11(9-12)10-14(17-13)16(4,5)6/h7-10,17H,1-6H3. The summed E-state index contributed by atoms with van der Waals surface area (Å²) in [5.74, 6) is 0. The molecule has 0 bridgehead atoms. The zero-order valence-corrected chi connectivity index (χ0v) is 11.8. The van der Waals surface area contributed by atoms with E-state index in [1.54, 1.807) is 0 Å². The fraction of sp³-hybridized carbons (Fsp3) is 0.500. The molecule has 0 saturated heterocycles. The van der Waals surface area contributed by atoms with Gasteiger partial charge < -0.3 is 4.98 Å².